The number of hydrogen-bond acceptors (Lipinski definition) is 2. The Morgan fingerprint density at radius 1 is 1.20 bits per heavy atom. The summed E-state index contributed by atoms with van der Waals surface area (Å²) < 4.78 is 13.0. The van der Waals surface area contributed by atoms with Gasteiger partial charge in [0.05, 0.1) is 17.2 Å². The molecule has 0 fully saturated rings. The Bertz CT molecular complexity index is 500. The van der Waals surface area contributed by atoms with E-state index in [2.05, 4.69) is 30.7 Å². The standard InChI is InChI=1S/C12H13FN2/c1-12(2,3)9-4-5-14-10-6-8(13)7-15-11(9)10/h4-7H,1-3H3. The lowest BCUT2D eigenvalue weighted by molar-refractivity contribution is 0.592. The van der Waals surface area contributed by atoms with Gasteiger partial charge < -0.3 is 0 Å². The van der Waals surface area contributed by atoms with E-state index in [9.17, 15) is 4.39 Å². The van der Waals surface area contributed by atoms with Gasteiger partial charge in [0.2, 0.25) is 0 Å². The van der Waals surface area contributed by atoms with Crippen LogP contribution >= 0.6 is 0 Å². The number of aromatic nitrogens is 2. The van der Waals surface area contributed by atoms with Crippen molar-refractivity contribution in [3.8, 4) is 0 Å². The topological polar surface area (TPSA) is 25.8 Å². The van der Waals surface area contributed by atoms with Gasteiger partial charge in [-0.2, -0.15) is 0 Å². The molecule has 0 saturated heterocycles. The molecule has 0 atom stereocenters. The molecular formula is C12H13FN2. The van der Waals surface area contributed by atoms with Gasteiger partial charge in [-0.05, 0) is 17.0 Å². The number of nitrogens with zero attached hydrogens (tertiary/aromatic N) is 2. The monoisotopic (exact) mass is 204 g/mol. The van der Waals surface area contributed by atoms with Crippen LogP contribution in [-0.2, 0) is 5.41 Å². The highest BCUT2D eigenvalue weighted by Gasteiger charge is 2.17. The second-order valence-corrected chi connectivity index (χ2v) is 4.63. The maximum absolute atomic E-state index is 13.0. The summed E-state index contributed by atoms with van der Waals surface area (Å²) in [5, 5.41) is 0. The van der Waals surface area contributed by atoms with Crippen molar-refractivity contribution in [1.29, 1.82) is 0 Å². The smallest absolute Gasteiger partial charge is 0.143 e. The molecule has 0 saturated carbocycles. The molecule has 2 heterocycles. The van der Waals surface area contributed by atoms with Crippen LogP contribution in [0.15, 0.2) is 24.5 Å². The molecule has 0 unspecified atom stereocenters. The van der Waals surface area contributed by atoms with Crippen molar-refractivity contribution in [2.75, 3.05) is 0 Å². The minimum absolute atomic E-state index is 0.00792. The SMILES string of the molecule is CC(C)(C)c1ccnc2cc(F)cnc12. The van der Waals surface area contributed by atoms with Gasteiger partial charge in [0.1, 0.15) is 5.82 Å². The highest BCUT2D eigenvalue weighted by Crippen LogP contribution is 2.27. The summed E-state index contributed by atoms with van der Waals surface area (Å²) in [7, 11) is 0. The largest absolute Gasteiger partial charge is 0.254 e. The van der Waals surface area contributed by atoms with Crippen LogP contribution in [0.4, 0.5) is 4.39 Å². The van der Waals surface area contributed by atoms with Gasteiger partial charge in [-0.1, -0.05) is 20.8 Å². The van der Waals surface area contributed by atoms with Crippen LogP contribution in [0.3, 0.4) is 0 Å². The Balaban J connectivity index is 2.77. The second-order valence-electron chi connectivity index (χ2n) is 4.63. The molecule has 2 aromatic heterocycles. The van der Waals surface area contributed by atoms with Gasteiger partial charge in [-0.15, -0.1) is 0 Å². The summed E-state index contributed by atoms with van der Waals surface area (Å²) in [4.78, 5) is 8.22. The van der Waals surface area contributed by atoms with E-state index in [-0.39, 0.29) is 11.2 Å². The van der Waals surface area contributed by atoms with Gasteiger partial charge in [0.15, 0.2) is 0 Å². The fourth-order valence-electron chi connectivity index (χ4n) is 1.61. The minimum Gasteiger partial charge on any atom is -0.254 e. The molecule has 3 heteroatoms. The Labute approximate surface area is 88.2 Å². The zero-order valence-electron chi connectivity index (χ0n) is 9.08. The number of pyridine rings is 2. The van der Waals surface area contributed by atoms with E-state index in [1.54, 1.807) is 6.20 Å². The second kappa shape index (κ2) is 3.26. The van der Waals surface area contributed by atoms with Gasteiger partial charge in [-0.25, -0.2) is 4.39 Å². The Hall–Kier alpha value is -1.51. The lowest BCUT2D eigenvalue weighted by Gasteiger charge is -2.19. The number of rotatable bonds is 0. The van der Waals surface area contributed by atoms with Crippen LogP contribution in [0.5, 0.6) is 0 Å². The first-order chi connectivity index (χ1) is 6.98. The summed E-state index contributed by atoms with van der Waals surface area (Å²) in [6.45, 7) is 6.31. The summed E-state index contributed by atoms with van der Waals surface area (Å²) in [6.07, 6.45) is 2.93. The van der Waals surface area contributed by atoms with Gasteiger partial charge in [-0.3, -0.25) is 9.97 Å². The first kappa shape index (κ1) is 10.0. The Morgan fingerprint density at radius 2 is 1.93 bits per heavy atom. The normalized spacial score (nSPS) is 12.0. The molecule has 0 N–H and O–H groups in total. The number of fused-ring (bicyclic) bond motifs is 1. The molecule has 0 amide bonds. The van der Waals surface area contributed by atoms with Crippen molar-refractivity contribution >= 4 is 11.0 Å². The summed E-state index contributed by atoms with van der Waals surface area (Å²) in [5.41, 5.74) is 2.48. The van der Waals surface area contributed by atoms with Crippen molar-refractivity contribution in [2.24, 2.45) is 0 Å². The lowest BCUT2D eigenvalue weighted by Crippen LogP contribution is -2.12. The average molecular weight is 204 g/mol. The summed E-state index contributed by atoms with van der Waals surface area (Å²) >= 11 is 0. The maximum atomic E-state index is 13.0. The van der Waals surface area contributed by atoms with Crippen molar-refractivity contribution in [3.05, 3.63) is 35.9 Å². The van der Waals surface area contributed by atoms with Crippen molar-refractivity contribution in [3.63, 3.8) is 0 Å². The average Bonchev–Trinajstić information content (AvgIpc) is 2.15. The van der Waals surface area contributed by atoms with Crippen LogP contribution in [0, 0.1) is 5.82 Å². The molecule has 2 aromatic rings. The molecular weight excluding hydrogens is 191 g/mol. The molecule has 2 rings (SSSR count). The van der Waals surface area contributed by atoms with E-state index in [1.807, 2.05) is 6.07 Å². The van der Waals surface area contributed by atoms with E-state index in [1.165, 1.54) is 12.3 Å². The van der Waals surface area contributed by atoms with Crippen molar-refractivity contribution < 1.29 is 4.39 Å². The van der Waals surface area contributed by atoms with Gasteiger partial charge >= 0.3 is 0 Å². The quantitative estimate of drug-likeness (QED) is 0.659. The van der Waals surface area contributed by atoms with Crippen LogP contribution in [0.1, 0.15) is 26.3 Å². The highest BCUT2D eigenvalue weighted by molar-refractivity contribution is 5.78. The molecule has 0 radical (unpaired) electrons. The van der Waals surface area contributed by atoms with Crippen LogP contribution in [0.2, 0.25) is 0 Å². The molecule has 0 bridgehead atoms. The Kier molecular flexibility index (Phi) is 2.18. The molecule has 0 aliphatic rings. The van der Waals surface area contributed by atoms with Crippen LogP contribution in [-0.4, -0.2) is 9.97 Å². The van der Waals surface area contributed by atoms with Gasteiger partial charge in [0, 0.05) is 12.3 Å². The van der Waals surface area contributed by atoms with E-state index in [0.29, 0.717) is 5.52 Å². The van der Waals surface area contributed by atoms with E-state index in [0.717, 1.165) is 11.1 Å². The maximum Gasteiger partial charge on any atom is 0.143 e. The summed E-state index contributed by atoms with van der Waals surface area (Å²) in [6, 6.07) is 3.35. The third-order valence-electron chi connectivity index (χ3n) is 2.35. The summed E-state index contributed by atoms with van der Waals surface area (Å²) in [5.74, 6) is -0.346. The zero-order valence-corrected chi connectivity index (χ0v) is 9.08. The fourth-order valence-corrected chi connectivity index (χ4v) is 1.61. The predicted molar refractivity (Wildman–Crippen MR) is 58.2 cm³/mol. The number of hydrogen-bond donors (Lipinski definition) is 0. The molecule has 15 heavy (non-hydrogen) atoms. The predicted octanol–water partition coefficient (Wildman–Crippen LogP) is 3.07. The first-order valence-electron chi connectivity index (χ1n) is 4.89. The molecule has 2 nitrogen and oxygen atoms in total. The molecule has 0 aliphatic carbocycles. The van der Waals surface area contributed by atoms with Gasteiger partial charge in [0.25, 0.3) is 0 Å². The fraction of sp³-hybridized carbons (Fsp3) is 0.333. The lowest BCUT2D eigenvalue weighted by atomic mass is 9.86. The third-order valence-corrected chi connectivity index (χ3v) is 2.35. The van der Waals surface area contributed by atoms with E-state index < -0.39 is 0 Å². The first-order valence-corrected chi connectivity index (χ1v) is 4.89. The molecule has 0 spiro atoms. The number of halogens is 1. The van der Waals surface area contributed by atoms with E-state index in [4.69, 9.17) is 0 Å². The highest BCUT2D eigenvalue weighted by atomic mass is 19.1. The molecule has 0 aromatic carbocycles. The van der Waals surface area contributed by atoms with Crippen molar-refractivity contribution in [2.45, 2.75) is 26.2 Å². The van der Waals surface area contributed by atoms with Crippen LogP contribution < -0.4 is 0 Å². The van der Waals surface area contributed by atoms with Crippen molar-refractivity contribution in [1.82, 2.24) is 9.97 Å². The zero-order chi connectivity index (χ0) is 11.1. The third kappa shape index (κ3) is 1.82. The van der Waals surface area contributed by atoms with Crippen LogP contribution in [0.25, 0.3) is 11.0 Å². The van der Waals surface area contributed by atoms with E-state index >= 15 is 0 Å². The minimum atomic E-state index is -0.346. The molecule has 0 aliphatic heterocycles. The Morgan fingerprint density at radius 3 is 2.60 bits per heavy atom. The molecule has 78 valence electrons.